The average molecular weight is 389 g/mol. The van der Waals surface area contributed by atoms with Crippen LogP contribution in [0, 0.1) is 5.92 Å². The van der Waals surface area contributed by atoms with Gasteiger partial charge < -0.3 is 19.5 Å². The maximum absolute atomic E-state index is 12.3. The summed E-state index contributed by atoms with van der Waals surface area (Å²) in [6.07, 6.45) is 7.41. The predicted octanol–water partition coefficient (Wildman–Crippen LogP) is 3.73. The molecule has 6 heteroatoms. The lowest BCUT2D eigenvalue weighted by atomic mass is 9.86. The van der Waals surface area contributed by atoms with Gasteiger partial charge in [0.2, 0.25) is 0 Å². The number of hydrogen-bond donors (Lipinski definition) is 1. The molecule has 0 aliphatic heterocycles. The minimum absolute atomic E-state index is 0.151. The lowest BCUT2D eigenvalue weighted by Gasteiger charge is -2.30. The number of allylic oxidation sites excluding steroid dienone is 1. The van der Waals surface area contributed by atoms with Crippen molar-refractivity contribution in [2.24, 2.45) is 5.92 Å². The zero-order valence-corrected chi connectivity index (χ0v) is 17.2. The number of amides is 1. The molecule has 6 nitrogen and oxygen atoms in total. The largest absolute Gasteiger partial charge is 0.493 e. The second kappa shape index (κ2) is 10.7. The SMILES string of the molecule is C/C=C/c1ccc(OCC(=O)O[C@H](C)C(=O)N[C@H]2CCCC[C@@H]2C)c(OC)c1. The van der Waals surface area contributed by atoms with Crippen LogP contribution in [0.15, 0.2) is 24.3 Å². The van der Waals surface area contributed by atoms with Crippen LogP contribution in [-0.4, -0.2) is 37.7 Å². The number of hydrogen-bond acceptors (Lipinski definition) is 5. The molecule has 1 fully saturated rings. The fraction of sp³-hybridized carbons (Fsp3) is 0.545. The normalized spacial score (nSPS) is 20.4. The van der Waals surface area contributed by atoms with Crippen molar-refractivity contribution < 1.29 is 23.8 Å². The molecular weight excluding hydrogens is 358 g/mol. The van der Waals surface area contributed by atoms with Gasteiger partial charge in [-0.2, -0.15) is 0 Å². The Hall–Kier alpha value is -2.50. The molecule has 0 radical (unpaired) electrons. The Morgan fingerprint density at radius 2 is 2.00 bits per heavy atom. The van der Waals surface area contributed by atoms with E-state index in [1.807, 2.05) is 31.2 Å². The monoisotopic (exact) mass is 389 g/mol. The number of nitrogens with one attached hydrogen (secondary N) is 1. The van der Waals surface area contributed by atoms with Crippen LogP contribution < -0.4 is 14.8 Å². The summed E-state index contributed by atoms with van der Waals surface area (Å²) >= 11 is 0. The molecule has 0 unspecified atom stereocenters. The first-order valence-electron chi connectivity index (χ1n) is 9.88. The van der Waals surface area contributed by atoms with Gasteiger partial charge in [-0.15, -0.1) is 0 Å². The van der Waals surface area contributed by atoms with Crippen LogP contribution in [0.5, 0.6) is 11.5 Å². The van der Waals surface area contributed by atoms with Gasteiger partial charge in [0.05, 0.1) is 7.11 Å². The van der Waals surface area contributed by atoms with Crippen molar-refractivity contribution in [2.75, 3.05) is 13.7 Å². The molecule has 0 bridgehead atoms. The summed E-state index contributed by atoms with van der Waals surface area (Å²) in [6.45, 7) is 5.35. The predicted molar refractivity (Wildman–Crippen MR) is 108 cm³/mol. The van der Waals surface area contributed by atoms with Crippen LogP contribution in [0.2, 0.25) is 0 Å². The van der Waals surface area contributed by atoms with E-state index in [0.717, 1.165) is 24.8 Å². The Balaban J connectivity index is 1.83. The molecule has 1 aromatic rings. The first-order valence-corrected chi connectivity index (χ1v) is 9.88. The van der Waals surface area contributed by atoms with Crippen molar-refractivity contribution in [3.8, 4) is 11.5 Å². The van der Waals surface area contributed by atoms with Crippen molar-refractivity contribution in [2.45, 2.75) is 58.6 Å². The summed E-state index contributed by atoms with van der Waals surface area (Å²) in [5, 5.41) is 3.00. The molecular formula is C22H31NO5. The summed E-state index contributed by atoms with van der Waals surface area (Å²) in [5.41, 5.74) is 0.969. The van der Waals surface area contributed by atoms with Crippen LogP contribution in [0.1, 0.15) is 52.0 Å². The number of methoxy groups -OCH3 is 1. The molecule has 0 heterocycles. The molecule has 1 aromatic carbocycles. The van der Waals surface area contributed by atoms with Gasteiger partial charge in [-0.1, -0.05) is 38.0 Å². The van der Waals surface area contributed by atoms with Gasteiger partial charge in [-0.3, -0.25) is 4.79 Å². The number of ether oxygens (including phenoxy) is 3. The molecule has 2 rings (SSSR count). The van der Waals surface area contributed by atoms with Gasteiger partial charge >= 0.3 is 5.97 Å². The fourth-order valence-corrected chi connectivity index (χ4v) is 3.35. The van der Waals surface area contributed by atoms with Crippen molar-refractivity contribution in [1.82, 2.24) is 5.32 Å². The zero-order valence-electron chi connectivity index (χ0n) is 17.2. The first kappa shape index (κ1) is 21.8. The Morgan fingerprint density at radius 3 is 2.68 bits per heavy atom. The lowest BCUT2D eigenvalue weighted by molar-refractivity contribution is -0.157. The maximum Gasteiger partial charge on any atom is 0.344 e. The molecule has 1 N–H and O–H groups in total. The molecule has 28 heavy (non-hydrogen) atoms. The van der Waals surface area contributed by atoms with E-state index in [1.54, 1.807) is 20.1 Å². The quantitative estimate of drug-likeness (QED) is 0.686. The lowest BCUT2D eigenvalue weighted by Crippen LogP contribution is -2.46. The highest BCUT2D eigenvalue weighted by molar-refractivity contribution is 5.84. The van der Waals surface area contributed by atoms with E-state index in [9.17, 15) is 9.59 Å². The summed E-state index contributed by atoms with van der Waals surface area (Å²) in [4.78, 5) is 24.4. The topological polar surface area (TPSA) is 73.9 Å². The van der Waals surface area contributed by atoms with E-state index in [0.29, 0.717) is 17.4 Å². The molecule has 1 amide bonds. The Morgan fingerprint density at radius 1 is 1.25 bits per heavy atom. The van der Waals surface area contributed by atoms with Crippen molar-refractivity contribution >= 4 is 18.0 Å². The molecule has 3 atom stereocenters. The Bertz CT molecular complexity index is 700. The smallest absolute Gasteiger partial charge is 0.344 e. The molecule has 0 saturated heterocycles. The third-order valence-electron chi connectivity index (χ3n) is 5.01. The molecule has 0 spiro atoms. The Kier molecular flexibility index (Phi) is 8.36. The highest BCUT2D eigenvalue weighted by atomic mass is 16.6. The second-order valence-electron chi connectivity index (χ2n) is 7.21. The minimum Gasteiger partial charge on any atom is -0.493 e. The first-order chi connectivity index (χ1) is 13.4. The summed E-state index contributed by atoms with van der Waals surface area (Å²) in [6, 6.07) is 5.58. The number of benzene rings is 1. The van der Waals surface area contributed by atoms with Gasteiger partial charge in [0.1, 0.15) is 0 Å². The van der Waals surface area contributed by atoms with Gasteiger partial charge in [0.15, 0.2) is 24.2 Å². The Labute approximate surface area is 167 Å². The summed E-state index contributed by atoms with van der Waals surface area (Å²) in [7, 11) is 1.54. The van der Waals surface area contributed by atoms with Crippen LogP contribution in [-0.2, 0) is 14.3 Å². The third kappa shape index (κ3) is 6.29. The number of carbonyl (C=O) groups is 2. The minimum atomic E-state index is -0.857. The number of rotatable bonds is 8. The fourth-order valence-electron chi connectivity index (χ4n) is 3.35. The van der Waals surface area contributed by atoms with E-state index < -0.39 is 12.1 Å². The molecule has 154 valence electrons. The van der Waals surface area contributed by atoms with Crippen LogP contribution >= 0.6 is 0 Å². The van der Waals surface area contributed by atoms with E-state index >= 15 is 0 Å². The van der Waals surface area contributed by atoms with Crippen LogP contribution in [0.4, 0.5) is 0 Å². The molecule has 1 aliphatic carbocycles. The number of esters is 1. The maximum atomic E-state index is 12.3. The molecule has 1 aliphatic rings. The van der Waals surface area contributed by atoms with E-state index in [2.05, 4.69) is 12.2 Å². The number of carbonyl (C=O) groups excluding carboxylic acids is 2. The van der Waals surface area contributed by atoms with E-state index in [1.165, 1.54) is 6.42 Å². The van der Waals surface area contributed by atoms with Crippen LogP contribution in [0.25, 0.3) is 6.08 Å². The van der Waals surface area contributed by atoms with Gasteiger partial charge in [0.25, 0.3) is 5.91 Å². The molecule has 0 aromatic heterocycles. The van der Waals surface area contributed by atoms with Crippen molar-refractivity contribution in [3.63, 3.8) is 0 Å². The van der Waals surface area contributed by atoms with Gasteiger partial charge in [-0.05, 0) is 50.3 Å². The van der Waals surface area contributed by atoms with E-state index in [4.69, 9.17) is 14.2 Å². The average Bonchev–Trinajstić information content (AvgIpc) is 2.68. The highest BCUT2D eigenvalue weighted by Gasteiger charge is 2.26. The van der Waals surface area contributed by atoms with E-state index in [-0.39, 0.29) is 18.6 Å². The third-order valence-corrected chi connectivity index (χ3v) is 5.01. The second-order valence-corrected chi connectivity index (χ2v) is 7.21. The summed E-state index contributed by atoms with van der Waals surface area (Å²) < 4.78 is 16.0. The zero-order chi connectivity index (χ0) is 20.5. The van der Waals surface area contributed by atoms with Crippen molar-refractivity contribution in [3.05, 3.63) is 29.8 Å². The standard InChI is InChI=1S/C22H31NO5/c1-5-8-17-11-12-19(20(13-17)26-4)27-14-21(24)28-16(3)22(25)23-18-10-7-6-9-15(18)2/h5,8,11-13,15-16,18H,6-7,9-10,14H2,1-4H3,(H,23,25)/b8-5+/t15-,16+,18-/m0/s1. The highest BCUT2D eigenvalue weighted by Crippen LogP contribution is 2.28. The molecule has 1 saturated carbocycles. The van der Waals surface area contributed by atoms with Crippen molar-refractivity contribution in [1.29, 1.82) is 0 Å². The van der Waals surface area contributed by atoms with Crippen LogP contribution in [0.3, 0.4) is 0 Å². The summed E-state index contributed by atoms with van der Waals surface area (Å²) in [5.74, 6) is 0.558. The van der Waals surface area contributed by atoms with Gasteiger partial charge in [-0.25, -0.2) is 4.79 Å². The van der Waals surface area contributed by atoms with Gasteiger partial charge in [0, 0.05) is 6.04 Å².